The van der Waals surface area contributed by atoms with Crippen molar-refractivity contribution in [1.82, 2.24) is 15.2 Å². The number of esters is 1. The first-order chi connectivity index (χ1) is 16.8. The third-order valence-electron chi connectivity index (χ3n) is 5.79. The smallest absolute Gasteiger partial charge is 0.338 e. The van der Waals surface area contributed by atoms with Crippen molar-refractivity contribution in [2.75, 3.05) is 33.4 Å². The molecule has 0 radical (unpaired) electrons. The van der Waals surface area contributed by atoms with Crippen LogP contribution in [-0.2, 0) is 25.5 Å². The molecule has 9 nitrogen and oxygen atoms in total. The Balaban J connectivity index is 1.83. The Bertz CT molecular complexity index is 1200. The van der Waals surface area contributed by atoms with Crippen LogP contribution < -0.4 is 5.32 Å². The molecule has 0 aliphatic carbocycles. The number of nitrogens with zero attached hydrogens (tertiary/aromatic N) is 3. The zero-order chi connectivity index (χ0) is 25.1. The number of nitrogens with one attached hydrogen (secondary N) is 1. The summed E-state index contributed by atoms with van der Waals surface area (Å²) < 4.78 is 24.2. The van der Waals surface area contributed by atoms with Gasteiger partial charge >= 0.3 is 11.9 Å². The molecule has 0 saturated carbocycles. The van der Waals surface area contributed by atoms with E-state index in [1.54, 1.807) is 4.90 Å². The molecule has 2 aliphatic heterocycles. The molecular weight excluding hydrogens is 499 g/mol. The van der Waals surface area contributed by atoms with Crippen LogP contribution in [0.4, 0.5) is 4.39 Å². The Morgan fingerprint density at radius 2 is 2.23 bits per heavy atom. The molecule has 1 fully saturated rings. The fourth-order valence-electron chi connectivity index (χ4n) is 3.96. The van der Waals surface area contributed by atoms with Crippen LogP contribution in [0.2, 0.25) is 5.02 Å². The molecule has 2 aromatic rings. The zero-order valence-corrected chi connectivity index (χ0v) is 20.7. The molecule has 0 spiro atoms. The molecule has 1 aromatic carbocycles. The molecule has 2 aliphatic rings. The van der Waals surface area contributed by atoms with Crippen molar-refractivity contribution in [2.24, 2.45) is 4.99 Å². The summed E-state index contributed by atoms with van der Waals surface area (Å²) in [5, 5.41) is 15.5. The highest BCUT2D eigenvalue weighted by atomic mass is 35.5. The maximum atomic E-state index is 13.8. The van der Waals surface area contributed by atoms with E-state index in [9.17, 15) is 19.1 Å². The highest BCUT2D eigenvalue weighted by molar-refractivity contribution is 7.11. The molecule has 0 amide bonds. The van der Waals surface area contributed by atoms with Crippen molar-refractivity contribution in [3.63, 3.8) is 0 Å². The van der Waals surface area contributed by atoms with E-state index in [-0.39, 0.29) is 23.7 Å². The fourth-order valence-corrected chi connectivity index (χ4v) is 5.09. The van der Waals surface area contributed by atoms with Gasteiger partial charge in [0, 0.05) is 34.8 Å². The van der Waals surface area contributed by atoms with Gasteiger partial charge in [0.15, 0.2) is 10.8 Å². The topological polar surface area (TPSA) is 113 Å². The number of rotatable bonds is 7. The number of amidine groups is 1. The van der Waals surface area contributed by atoms with Crippen molar-refractivity contribution in [3.05, 3.63) is 62.0 Å². The number of carboxylic acids is 1. The second-order valence-electron chi connectivity index (χ2n) is 7.95. The van der Waals surface area contributed by atoms with Gasteiger partial charge in [-0.15, -0.1) is 11.3 Å². The van der Waals surface area contributed by atoms with Gasteiger partial charge in [-0.25, -0.2) is 14.2 Å². The van der Waals surface area contributed by atoms with Gasteiger partial charge in [-0.05, 0) is 18.6 Å². The first kappa shape index (κ1) is 25.2. The van der Waals surface area contributed by atoms with E-state index in [0.717, 1.165) is 18.2 Å². The van der Waals surface area contributed by atoms with Crippen molar-refractivity contribution >= 4 is 40.7 Å². The summed E-state index contributed by atoms with van der Waals surface area (Å²) in [4.78, 5) is 35.9. The van der Waals surface area contributed by atoms with Gasteiger partial charge in [-0.2, -0.15) is 0 Å². The maximum absolute atomic E-state index is 13.8. The second-order valence-corrected chi connectivity index (χ2v) is 9.22. The number of aliphatic carboxylic acids is 1. The number of morpholine rings is 1. The monoisotopic (exact) mass is 522 g/mol. The van der Waals surface area contributed by atoms with Gasteiger partial charge < -0.3 is 19.9 Å². The van der Waals surface area contributed by atoms with Crippen molar-refractivity contribution in [2.45, 2.75) is 25.4 Å². The largest absolute Gasteiger partial charge is 0.480 e. The van der Waals surface area contributed by atoms with Gasteiger partial charge in [-0.3, -0.25) is 14.7 Å². The molecule has 4 rings (SSSR count). The van der Waals surface area contributed by atoms with Crippen LogP contribution in [0.3, 0.4) is 0 Å². The third-order valence-corrected chi connectivity index (χ3v) is 7.02. The average molecular weight is 523 g/mol. The number of carboxylic acid groups (broad SMARTS) is 1. The number of methoxy groups -OCH3 is 1. The van der Waals surface area contributed by atoms with Crippen molar-refractivity contribution in [1.29, 1.82) is 0 Å². The van der Waals surface area contributed by atoms with Gasteiger partial charge in [0.05, 0.1) is 31.6 Å². The number of aliphatic imine (C=N–C) groups is 1. The lowest BCUT2D eigenvalue weighted by Gasteiger charge is -2.35. The number of benzene rings is 1. The Morgan fingerprint density at radius 3 is 2.89 bits per heavy atom. The number of hydrogen-bond acceptors (Lipinski definition) is 9. The second kappa shape index (κ2) is 10.8. The third kappa shape index (κ3) is 5.37. The number of aromatic nitrogens is 1. The Hall–Kier alpha value is -2.86. The fraction of sp³-hybridized carbons (Fsp3) is 0.391. The van der Waals surface area contributed by atoms with Crippen LogP contribution in [-0.4, -0.2) is 72.2 Å². The van der Waals surface area contributed by atoms with Gasteiger partial charge in [0.25, 0.3) is 0 Å². The molecular formula is C23H24ClFN4O5S. The minimum atomic E-state index is -1.03. The summed E-state index contributed by atoms with van der Waals surface area (Å²) in [5.74, 6) is -1.80. The summed E-state index contributed by atoms with van der Waals surface area (Å²) in [6, 6.07) is 2.07. The average Bonchev–Trinajstić information content (AvgIpc) is 3.33. The summed E-state index contributed by atoms with van der Waals surface area (Å²) >= 11 is 7.77. The zero-order valence-electron chi connectivity index (χ0n) is 19.1. The number of ether oxygens (including phenoxy) is 2. The molecule has 2 N–H and O–H groups in total. The van der Waals surface area contributed by atoms with E-state index in [4.69, 9.17) is 26.1 Å². The Morgan fingerprint density at radius 1 is 1.43 bits per heavy atom. The number of carbonyl (C=O) groups excluding carboxylic acids is 1. The molecule has 0 unspecified atom stereocenters. The standard InChI is InChI=1S/C23H24ClFN4O5S/c1-3-13-11-35-21(26-13)20-27-16(9-29-6-7-34-10-17(29)22(30)31)18(23(32)33-2)19(28-20)14-5-4-12(25)8-15(14)24/h4-5,8,11,17,19H,3,6-7,9-10H2,1-2H3,(H,27,28)(H,30,31)/t17-,19-/m0/s1. The minimum Gasteiger partial charge on any atom is -0.480 e. The molecule has 12 heteroatoms. The van der Waals surface area contributed by atoms with Crippen LogP contribution in [0.25, 0.3) is 0 Å². The lowest BCUT2D eigenvalue weighted by molar-refractivity contribution is -0.149. The number of thiazole rings is 1. The van der Waals surface area contributed by atoms with Crippen molar-refractivity contribution < 1.29 is 28.6 Å². The molecule has 3 heterocycles. The SMILES string of the molecule is CCc1csc(C2=N[C@@H](c3ccc(F)cc3Cl)C(C(=O)OC)=C(CN3CCOC[C@H]3C(=O)O)N2)n1. The lowest BCUT2D eigenvalue weighted by Crippen LogP contribution is -2.52. The molecule has 186 valence electrons. The molecule has 0 bridgehead atoms. The minimum absolute atomic E-state index is 0.0245. The van der Waals surface area contributed by atoms with Crippen LogP contribution >= 0.6 is 22.9 Å². The molecule has 35 heavy (non-hydrogen) atoms. The normalized spacial score (nSPS) is 20.9. The van der Waals surface area contributed by atoms with Gasteiger partial charge in [0.2, 0.25) is 0 Å². The predicted molar refractivity (Wildman–Crippen MR) is 128 cm³/mol. The summed E-state index contributed by atoms with van der Waals surface area (Å²) in [7, 11) is 1.25. The highest BCUT2D eigenvalue weighted by Crippen LogP contribution is 2.37. The summed E-state index contributed by atoms with van der Waals surface area (Å²) in [5.41, 5.74) is 1.87. The summed E-state index contributed by atoms with van der Waals surface area (Å²) in [6.45, 7) is 2.80. The number of aryl methyl sites for hydroxylation is 1. The first-order valence-corrected chi connectivity index (χ1v) is 12.2. The van der Waals surface area contributed by atoms with E-state index < -0.39 is 29.8 Å². The van der Waals surface area contributed by atoms with Crippen LogP contribution in [0, 0.1) is 5.82 Å². The number of carbonyl (C=O) groups is 2. The molecule has 2 atom stereocenters. The highest BCUT2D eigenvalue weighted by Gasteiger charge is 2.37. The number of halogens is 2. The van der Waals surface area contributed by atoms with Crippen LogP contribution in [0.1, 0.15) is 29.2 Å². The Kier molecular flexibility index (Phi) is 7.80. The Labute approximate surface area is 210 Å². The van der Waals surface area contributed by atoms with Gasteiger partial charge in [-0.1, -0.05) is 24.6 Å². The van der Waals surface area contributed by atoms with E-state index >= 15 is 0 Å². The molecule has 1 aromatic heterocycles. The van der Waals surface area contributed by atoms with E-state index in [1.807, 2.05) is 12.3 Å². The first-order valence-electron chi connectivity index (χ1n) is 10.9. The summed E-state index contributed by atoms with van der Waals surface area (Å²) in [6.07, 6.45) is 0.737. The number of hydrogen-bond donors (Lipinski definition) is 2. The van der Waals surface area contributed by atoms with Crippen LogP contribution in [0.5, 0.6) is 0 Å². The maximum Gasteiger partial charge on any atom is 0.338 e. The lowest BCUT2D eigenvalue weighted by atomic mass is 9.95. The molecule has 1 saturated heterocycles. The van der Waals surface area contributed by atoms with E-state index in [2.05, 4.69) is 10.3 Å². The van der Waals surface area contributed by atoms with E-state index in [0.29, 0.717) is 35.3 Å². The van der Waals surface area contributed by atoms with Crippen LogP contribution in [0.15, 0.2) is 39.8 Å². The van der Waals surface area contributed by atoms with Gasteiger partial charge in [0.1, 0.15) is 17.9 Å². The van der Waals surface area contributed by atoms with Crippen molar-refractivity contribution in [3.8, 4) is 0 Å². The quantitative estimate of drug-likeness (QED) is 0.534. The predicted octanol–water partition coefficient (Wildman–Crippen LogP) is 2.80. The van der Waals surface area contributed by atoms with E-state index in [1.165, 1.54) is 30.6 Å².